The number of rotatable bonds is 2. The molecule has 0 saturated heterocycles. The first kappa shape index (κ1) is 11.5. The van der Waals surface area contributed by atoms with E-state index >= 15 is 0 Å². The number of hydrogen-bond acceptors (Lipinski definition) is 2. The maximum absolute atomic E-state index is 13.6. The Labute approximate surface area is 95.7 Å². The molecule has 0 unspecified atom stereocenters. The first-order chi connectivity index (χ1) is 8.04. The number of nitrogens with two attached hydrogens (primary N) is 1. The molecular formula is C11H11F2N3O. The maximum Gasteiger partial charge on any atom is 0.271 e. The Morgan fingerprint density at radius 2 is 2.12 bits per heavy atom. The second-order valence-corrected chi connectivity index (χ2v) is 3.66. The Morgan fingerprint density at radius 1 is 1.41 bits per heavy atom. The van der Waals surface area contributed by atoms with Crippen molar-refractivity contribution in [3.05, 3.63) is 45.8 Å². The van der Waals surface area contributed by atoms with Crippen LogP contribution in [-0.2, 0) is 13.6 Å². The molecule has 3 N–H and O–H groups in total. The highest BCUT2D eigenvalue weighted by molar-refractivity contribution is 5.63. The molecule has 17 heavy (non-hydrogen) atoms. The third kappa shape index (κ3) is 1.87. The van der Waals surface area contributed by atoms with Crippen molar-refractivity contribution < 1.29 is 8.78 Å². The third-order valence-electron chi connectivity index (χ3n) is 2.55. The van der Waals surface area contributed by atoms with Crippen LogP contribution in [0.3, 0.4) is 0 Å². The van der Waals surface area contributed by atoms with Gasteiger partial charge >= 0.3 is 0 Å². The van der Waals surface area contributed by atoms with Crippen molar-refractivity contribution in [3.63, 3.8) is 0 Å². The molecule has 0 saturated carbocycles. The smallest absolute Gasteiger partial charge is 0.271 e. The fourth-order valence-corrected chi connectivity index (χ4v) is 1.70. The van der Waals surface area contributed by atoms with Crippen LogP contribution in [0, 0.1) is 11.6 Å². The van der Waals surface area contributed by atoms with Crippen molar-refractivity contribution in [2.24, 2.45) is 12.8 Å². The minimum Gasteiger partial charge on any atom is -0.326 e. The van der Waals surface area contributed by atoms with Gasteiger partial charge in [-0.1, -0.05) is 0 Å². The number of nitrogens with one attached hydrogen (secondary N) is 1. The van der Waals surface area contributed by atoms with Crippen LogP contribution in [0.2, 0.25) is 0 Å². The summed E-state index contributed by atoms with van der Waals surface area (Å²) in [5, 5.41) is 2.67. The Morgan fingerprint density at radius 3 is 2.76 bits per heavy atom. The molecule has 0 radical (unpaired) electrons. The molecule has 1 aromatic heterocycles. The summed E-state index contributed by atoms with van der Waals surface area (Å²) in [5.41, 5.74) is 5.55. The van der Waals surface area contributed by atoms with Gasteiger partial charge in [0, 0.05) is 19.2 Å². The predicted octanol–water partition coefficient (Wildman–Crippen LogP) is 1.12. The zero-order chi connectivity index (χ0) is 12.6. The molecule has 2 rings (SSSR count). The van der Waals surface area contributed by atoms with E-state index in [4.69, 9.17) is 5.73 Å². The minimum atomic E-state index is -0.608. The van der Waals surface area contributed by atoms with E-state index in [1.54, 1.807) is 0 Å². The number of nitrogens with zero attached hydrogens (tertiary/aromatic N) is 1. The van der Waals surface area contributed by atoms with Gasteiger partial charge in [-0.25, -0.2) is 8.78 Å². The van der Waals surface area contributed by atoms with Gasteiger partial charge in [0.15, 0.2) is 0 Å². The maximum atomic E-state index is 13.6. The summed E-state index contributed by atoms with van der Waals surface area (Å²) in [6, 6.07) is 3.05. The van der Waals surface area contributed by atoms with Gasteiger partial charge in [0.2, 0.25) is 0 Å². The van der Waals surface area contributed by atoms with Crippen LogP contribution in [0.15, 0.2) is 23.0 Å². The number of halogens is 2. The van der Waals surface area contributed by atoms with Crippen molar-refractivity contribution in [1.82, 2.24) is 9.78 Å². The quantitative estimate of drug-likeness (QED) is 0.824. The highest BCUT2D eigenvalue weighted by Gasteiger charge is 2.16. The highest BCUT2D eigenvalue weighted by Crippen LogP contribution is 2.23. The zero-order valence-corrected chi connectivity index (χ0v) is 9.13. The molecule has 0 fully saturated rings. The molecular weight excluding hydrogens is 228 g/mol. The van der Waals surface area contributed by atoms with Crippen LogP contribution < -0.4 is 11.3 Å². The molecule has 6 heteroatoms. The first-order valence-corrected chi connectivity index (χ1v) is 4.98. The molecule has 0 aliphatic rings. The lowest BCUT2D eigenvalue weighted by atomic mass is 10.1. The molecule has 90 valence electrons. The van der Waals surface area contributed by atoms with E-state index < -0.39 is 11.6 Å². The number of aryl methyl sites for hydroxylation is 1. The van der Waals surface area contributed by atoms with Gasteiger partial charge in [-0.05, 0) is 18.2 Å². The average molecular weight is 239 g/mol. The zero-order valence-electron chi connectivity index (χ0n) is 9.13. The molecule has 0 spiro atoms. The number of H-pyrrole nitrogens is 1. The molecule has 0 bridgehead atoms. The van der Waals surface area contributed by atoms with E-state index in [9.17, 15) is 13.6 Å². The minimum absolute atomic E-state index is 0.00292. The molecule has 0 atom stereocenters. The van der Waals surface area contributed by atoms with E-state index in [2.05, 4.69) is 5.10 Å². The molecule has 0 aliphatic heterocycles. The van der Waals surface area contributed by atoms with Crippen molar-refractivity contribution in [3.8, 4) is 11.3 Å². The lowest BCUT2D eigenvalue weighted by Gasteiger charge is -2.02. The first-order valence-electron chi connectivity index (χ1n) is 4.98. The molecule has 2 aromatic rings. The molecule has 0 amide bonds. The molecule has 1 aromatic carbocycles. The highest BCUT2D eigenvalue weighted by atomic mass is 19.1. The molecule has 0 aliphatic carbocycles. The van der Waals surface area contributed by atoms with Gasteiger partial charge in [0.05, 0.1) is 11.3 Å². The summed E-state index contributed by atoms with van der Waals surface area (Å²) in [7, 11) is 1.49. The van der Waals surface area contributed by atoms with Gasteiger partial charge in [0.25, 0.3) is 5.56 Å². The van der Waals surface area contributed by atoms with Gasteiger partial charge in [0.1, 0.15) is 11.6 Å². The fraction of sp³-hybridized carbons (Fsp3) is 0.182. The number of hydrogen-bond donors (Lipinski definition) is 2. The van der Waals surface area contributed by atoms with Crippen molar-refractivity contribution in [2.75, 3.05) is 0 Å². The van der Waals surface area contributed by atoms with E-state index in [1.165, 1.54) is 11.7 Å². The van der Waals surface area contributed by atoms with Gasteiger partial charge in [-0.15, -0.1) is 0 Å². The molecule has 1 heterocycles. The SMILES string of the molecule is Cn1[nH]c(-c2cc(F)ccc2F)c(CN)c1=O. The third-order valence-corrected chi connectivity index (χ3v) is 2.55. The Hall–Kier alpha value is -1.95. The summed E-state index contributed by atoms with van der Waals surface area (Å²) in [5.74, 6) is -1.18. The van der Waals surface area contributed by atoms with Gasteiger partial charge < -0.3 is 5.73 Å². The standard InChI is InChI=1S/C11H11F2N3O/c1-16-11(17)8(5-14)10(15-16)7-4-6(12)2-3-9(7)13/h2-4,15H,5,14H2,1H3. The van der Waals surface area contributed by atoms with Crippen LogP contribution >= 0.6 is 0 Å². The predicted molar refractivity (Wildman–Crippen MR) is 59.3 cm³/mol. The topological polar surface area (TPSA) is 63.8 Å². The number of aromatic nitrogens is 2. The van der Waals surface area contributed by atoms with E-state index in [0.717, 1.165) is 18.2 Å². The van der Waals surface area contributed by atoms with Crippen LogP contribution in [-0.4, -0.2) is 9.78 Å². The molecule has 4 nitrogen and oxygen atoms in total. The van der Waals surface area contributed by atoms with Crippen LogP contribution in [0.25, 0.3) is 11.3 Å². The number of benzene rings is 1. The Bertz CT molecular complexity index is 616. The van der Waals surface area contributed by atoms with E-state index in [1.807, 2.05) is 0 Å². The van der Waals surface area contributed by atoms with Crippen molar-refractivity contribution in [2.45, 2.75) is 6.54 Å². The number of aromatic amines is 1. The monoisotopic (exact) mass is 239 g/mol. The van der Waals surface area contributed by atoms with Crippen LogP contribution in [0.1, 0.15) is 5.56 Å². The van der Waals surface area contributed by atoms with Crippen LogP contribution in [0.5, 0.6) is 0 Å². The van der Waals surface area contributed by atoms with Crippen molar-refractivity contribution >= 4 is 0 Å². The van der Waals surface area contributed by atoms with Crippen molar-refractivity contribution in [1.29, 1.82) is 0 Å². The Kier molecular flexibility index (Phi) is 2.81. The van der Waals surface area contributed by atoms with Gasteiger partial charge in [-0.2, -0.15) is 0 Å². The normalized spacial score (nSPS) is 10.8. The summed E-state index contributed by atoms with van der Waals surface area (Å²) in [6.45, 7) is -0.0402. The summed E-state index contributed by atoms with van der Waals surface area (Å²) in [6.07, 6.45) is 0. The average Bonchev–Trinajstić information content (AvgIpc) is 2.58. The second-order valence-electron chi connectivity index (χ2n) is 3.66. The summed E-state index contributed by atoms with van der Waals surface area (Å²) in [4.78, 5) is 11.6. The van der Waals surface area contributed by atoms with Gasteiger partial charge in [-0.3, -0.25) is 14.6 Å². The second kappa shape index (κ2) is 4.14. The van der Waals surface area contributed by atoms with Crippen LogP contribution in [0.4, 0.5) is 8.78 Å². The van der Waals surface area contributed by atoms with E-state index in [-0.39, 0.29) is 28.9 Å². The lowest BCUT2D eigenvalue weighted by Crippen LogP contribution is -2.17. The fourth-order valence-electron chi connectivity index (χ4n) is 1.70. The summed E-state index contributed by atoms with van der Waals surface area (Å²) < 4.78 is 27.8. The largest absolute Gasteiger partial charge is 0.326 e. The Balaban J connectivity index is 2.72. The summed E-state index contributed by atoms with van der Waals surface area (Å²) >= 11 is 0. The van der Waals surface area contributed by atoms with E-state index in [0.29, 0.717) is 0 Å². The lowest BCUT2D eigenvalue weighted by molar-refractivity contribution is 0.602.